The second-order valence-electron chi connectivity index (χ2n) is 6.87. The minimum absolute atomic E-state index is 0.106. The van der Waals surface area contributed by atoms with E-state index in [1.807, 2.05) is 19.9 Å². The first-order valence-corrected chi connectivity index (χ1v) is 8.50. The normalized spacial score (nSPS) is 18.8. The van der Waals surface area contributed by atoms with Gasteiger partial charge in [0.15, 0.2) is 5.78 Å². The predicted molar refractivity (Wildman–Crippen MR) is 97.9 cm³/mol. The maximum absolute atomic E-state index is 12.9. The monoisotopic (exact) mass is 354 g/mol. The summed E-state index contributed by atoms with van der Waals surface area (Å²) in [6.07, 6.45) is 1.75. The molecule has 1 aliphatic rings. The highest BCUT2D eigenvalue weighted by Crippen LogP contribution is 2.47. The van der Waals surface area contributed by atoms with Gasteiger partial charge in [0, 0.05) is 11.6 Å². The Morgan fingerprint density at radius 3 is 2.38 bits per heavy atom. The van der Waals surface area contributed by atoms with Crippen LogP contribution in [-0.4, -0.2) is 21.1 Å². The minimum atomic E-state index is -0.567. The zero-order valence-electron chi connectivity index (χ0n) is 15.0. The van der Waals surface area contributed by atoms with E-state index in [4.69, 9.17) is 4.74 Å². The van der Waals surface area contributed by atoms with Gasteiger partial charge < -0.3 is 20.1 Å². The third-order valence-corrected chi connectivity index (χ3v) is 4.63. The Labute approximate surface area is 152 Å². The van der Waals surface area contributed by atoms with Crippen LogP contribution >= 0.6 is 0 Å². The van der Waals surface area contributed by atoms with E-state index in [0.717, 1.165) is 11.1 Å². The summed E-state index contributed by atoms with van der Waals surface area (Å²) in [5.74, 6) is -0.784. The van der Waals surface area contributed by atoms with Gasteiger partial charge in [-0.25, -0.2) is 0 Å². The number of hydrogen-bond acceptors (Lipinski definition) is 5. The molecule has 3 rings (SSSR count). The number of ether oxygens (including phenoxy) is 1. The van der Waals surface area contributed by atoms with Crippen molar-refractivity contribution in [3.8, 4) is 23.0 Å². The summed E-state index contributed by atoms with van der Waals surface area (Å²) in [6.45, 7) is 5.62. The van der Waals surface area contributed by atoms with Gasteiger partial charge in [-0.2, -0.15) is 0 Å². The summed E-state index contributed by atoms with van der Waals surface area (Å²) < 4.78 is 6.11. The minimum Gasteiger partial charge on any atom is -0.508 e. The van der Waals surface area contributed by atoms with E-state index in [1.165, 1.54) is 18.2 Å². The number of fused-ring (bicyclic) bond motifs is 1. The standard InChI is InChI=1S/C21H22O5/c1-11(2)4-9-15-16(23)10-17(24)18-19(25)12(3)20(26-21(15)18)13-5-7-14(22)8-6-13/h4-8,10,12,20,22-24H,9H2,1-3H3. The van der Waals surface area contributed by atoms with Crippen molar-refractivity contribution in [2.75, 3.05) is 0 Å². The molecule has 2 atom stereocenters. The number of allylic oxidation sites excluding steroid dienone is 2. The third kappa shape index (κ3) is 3.12. The number of rotatable bonds is 3. The van der Waals surface area contributed by atoms with E-state index in [2.05, 4.69) is 0 Å². The van der Waals surface area contributed by atoms with Crippen molar-refractivity contribution in [3.05, 3.63) is 58.7 Å². The Hall–Kier alpha value is -2.95. The lowest BCUT2D eigenvalue weighted by molar-refractivity contribution is 0.0681. The van der Waals surface area contributed by atoms with Crippen LogP contribution in [0.2, 0.25) is 0 Å². The molecular formula is C21H22O5. The first-order valence-electron chi connectivity index (χ1n) is 8.50. The second-order valence-corrected chi connectivity index (χ2v) is 6.87. The lowest BCUT2D eigenvalue weighted by atomic mass is 9.85. The molecule has 2 aromatic rings. The van der Waals surface area contributed by atoms with Crippen molar-refractivity contribution >= 4 is 5.78 Å². The Morgan fingerprint density at radius 1 is 1.12 bits per heavy atom. The SMILES string of the molecule is CC(C)=CCc1c(O)cc(O)c2c1OC(c1ccc(O)cc1)C(C)C2=O. The Kier molecular flexibility index (Phi) is 4.64. The van der Waals surface area contributed by atoms with Gasteiger partial charge in [-0.15, -0.1) is 0 Å². The molecule has 5 heteroatoms. The molecule has 0 amide bonds. The van der Waals surface area contributed by atoms with Gasteiger partial charge in [0.25, 0.3) is 0 Å². The van der Waals surface area contributed by atoms with Crippen LogP contribution in [0.1, 0.15) is 48.4 Å². The summed E-state index contributed by atoms with van der Waals surface area (Å²) in [6, 6.07) is 7.67. The first kappa shape index (κ1) is 17.9. The van der Waals surface area contributed by atoms with Crippen molar-refractivity contribution in [2.45, 2.75) is 33.3 Å². The van der Waals surface area contributed by atoms with E-state index in [-0.39, 0.29) is 34.3 Å². The highest BCUT2D eigenvalue weighted by molar-refractivity contribution is 6.04. The molecule has 0 saturated carbocycles. The fourth-order valence-corrected chi connectivity index (χ4v) is 3.16. The third-order valence-electron chi connectivity index (χ3n) is 4.63. The van der Waals surface area contributed by atoms with Gasteiger partial charge in [0.2, 0.25) is 0 Å². The maximum atomic E-state index is 12.9. The van der Waals surface area contributed by atoms with Crippen LogP contribution in [0.3, 0.4) is 0 Å². The van der Waals surface area contributed by atoms with Gasteiger partial charge in [-0.3, -0.25) is 4.79 Å². The van der Waals surface area contributed by atoms with Crippen molar-refractivity contribution in [1.82, 2.24) is 0 Å². The molecule has 0 bridgehead atoms. The van der Waals surface area contributed by atoms with E-state index in [1.54, 1.807) is 19.1 Å². The van der Waals surface area contributed by atoms with E-state index in [0.29, 0.717) is 12.0 Å². The first-order chi connectivity index (χ1) is 12.3. The van der Waals surface area contributed by atoms with Gasteiger partial charge in [0.1, 0.15) is 34.7 Å². The molecule has 5 nitrogen and oxygen atoms in total. The van der Waals surface area contributed by atoms with E-state index < -0.39 is 12.0 Å². The number of aromatic hydroxyl groups is 3. The van der Waals surface area contributed by atoms with Crippen molar-refractivity contribution in [3.63, 3.8) is 0 Å². The molecule has 2 aromatic carbocycles. The Balaban J connectivity index is 2.12. The molecule has 0 saturated heterocycles. The summed E-state index contributed by atoms with van der Waals surface area (Å²) in [5, 5.41) is 30.0. The molecule has 0 fully saturated rings. The zero-order valence-corrected chi connectivity index (χ0v) is 15.0. The van der Waals surface area contributed by atoms with E-state index in [9.17, 15) is 20.1 Å². The highest BCUT2D eigenvalue weighted by Gasteiger charge is 2.39. The fraction of sp³-hybridized carbons (Fsp3) is 0.286. The number of Topliss-reactive ketones (excluding diaryl/α,β-unsaturated/α-hetero) is 1. The average Bonchev–Trinajstić information content (AvgIpc) is 2.57. The van der Waals surface area contributed by atoms with Gasteiger partial charge >= 0.3 is 0 Å². The molecule has 26 heavy (non-hydrogen) atoms. The molecular weight excluding hydrogens is 332 g/mol. The van der Waals surface area contributed by atoms with Gasteiger partial charge in [-0.1, -0.05) is 30.7 Å². The molecule has 136 valence electrons. The number of phenols is 3. The molecule has 2 unspecified atom stereocenters. The van der Waals surface area contributed by atoms with Crippen LogP contribution in [0.15, 0.2) is 42.0 Å². The number of phenolic OH excluding ortho intramolecular Hbond substituents is 3. The molecule has 3 N–H and O–H groups in total. The highest BCUT2D eigenvalue weighted by atomic mass is 16.5. The van der Waals surface area contributed by atoms with Crippen LogP contribution in [0.25, 0.3) is 0 Å². The largest absolute Gasteiger partial charge is 0.508 e. The fourth-order valence-electron chi connectivity index (χ4n) is 3.16. The lowest BCUT2D eigenvalue weighted by Gasteiger charge is -2.32. The molecule has 1 aliphatic heterocycles. The van der Waals surface area contributed by atoms with Crippen molar-refractivity contribution < 1.29 is 24.9 Å². The number of carbonyl (C=O) groups excluding carboxylic acids is 1. The summed E-state index contributed by atoms with van der Waals surface area (Å²) in [4.78, 5) is 12.9. The second kappa shape index (κ2) is 6.75. The molecule has 0 aliphatic carbocycles. The number of carbonyl (C=O) groups is 1. The predicted octanol–water partition coefficient (Wildman–Crippen LogP) is 4.26. The van der Waals surface area contributed by atoms with Crippen molar-refractivity contribution in [1.29, 1.82) is 0 Å². The summed E-state index contributed by atoms with van der Waals surface area (Å²) >= 11 is 0. The van der Waals surface area contributed by atoms with Crippen LogP contribution in [0, 0.1) is 5.92 Å². The molecule has 0 radical (unpaired) electrons. The molecule has 0 spiro atoms. The Morgan fingerprint density at radius 2 is 1.77 bits per heavy atom. The Bertz CT molecular complexity index is 876. The van der Waals surface area contributed by atoms with Crippen molar-refractivity contribution in [2.24, 2.45) is 5.92 Å². The number of hydrogen-bond donors (Lipinski definition) is 3. The zero-order chi connectivity index (χ0) is 19.0. The lowest BCUT2D eigenvalue weighted by Crippen LogP contribution is -2.30. The van der Waals surface area contributed by atoms with Crippen LogP contribution in [0.4, 0.5) is 0 Å². The quantitative estimate of drug-likeness (QED) is 0.717. The van der Waals surface area contributed by atoms with Gasteiger partial charge in [-0.05, 0) is 38.0 Å². The molecule has 0 aromatic heterocycles. The van der Waals surface area contributed by atoms with Gasteiger partial charge in [0.05, 0.1) is 5.92 Å². The number of ketones is 1. The van der Waals surface area contributed by atoms with Crippen LogP contribution in [-0.2, 0) is 6.42 Å². The summed E-state index contributed by atoms with van der Waals surface area (Å²) in [7, 11) is 0. The average molecular weight is 354 g/mol. The maximum Gasteiger partial charge on any atom is 0.177 e. The van der Waals surface area contributed by atoms with Crippen LogP contribution in [0.5, 0.6) is 23.0 Å². The van der Waals surface area contributed by atoms with E-state index >= 15 is 0 Å². The topological polar surface area (TPSA) is 87.0 Å². The molecule has 1 heterocycles. The smallest absolute Gasteiger partial charge is 0.177 e. The van der Waals surface area contributed by atoms with Crippen LogP contribution < -0.4 is 4.74 Å². The summed E-state index contributed by atoms with van der Waals surface area (Å²) in [5.41, 5.74) is 2.40. The number of benzene rings is 2.